The molecule has 2 aromatic heterocycles. The molecule has 1 saturated heterocycles. The molecule has 3 heterocycles. The van der Waals surface area contributed by atoms with Crippen molar-refractivity contribution in [2.45, 2.75) is 32.8 Å². The number of benzene rings is 1. The average Bonchev–Trinajstić information content (AvgIpc) is 3.19. The number of rotatable bonds is 6. The van der Waals surface area contributed by atoms with Gasteiger partial charge in [0.15, 0.2) is 0 Å². The van der Waals surface area contributed by atoms with Crippen molar-refractivity contribution in [1.29, 1.82) is 0 Å². The number of carbonyl (C=O) groups is 1. The molecule has 3 aromatic rings. The number of hydrogen-bond acceptors (Lipinski definition) is 7. The fraction of sp³-hybridized carbons (Fsp3) is 0.417. The second-order valence-electron chi connectivity index (χ2n) is 8.11. The first-order valence-corrected chi connectivity index (χ1v) is 10.9. The predicted octanol–water partition coefficient (Wildman–Crippen LogP) is 3.19. The van der Waals surface area contributed by atoms with Crippen molar-refractivity contribution in [2.24, 2.45) is 7.05 Å². The third kappa shape index (κ3) is 4.92. The molecule has 0 radical (unpaired) electrons. The van der Waals surface area contributed by atoms with Crippen LogP contribution in [-0.4, -0.2) is 64.0 Å². The number of amides is 1. The number of likely N-dealkylation sites (tertiary alicyclic amines) is 1. The molecule has 33 heavy (non-hydrogen) atoms. The van der Waals surface area contributed by atoms with Crippen molar-refractivity contribution in [3.8, 4) is 28.6 Å². The highest BCUT2D eigenvalue weighted by Gasteiger charge is 2.27. The Morgan fingerprint density at radius 3 is 2.45 bits per heavy atom. The highest BCUT2D eigenvalue weighted by Crippen LogP contribution is 2.33. The summed E-state index contributed by atoms with van der Waals surface area (Å²) in [4.78, 5) is 23.7. The van der Waals surface area contributed by atoms with Gasteiger partial charge >= 0.3 is 0 Å². The van der Waals surface area contributed by atoms with Crippen LogP contribution in [0.3, 0.4) is 0 Å². The molecule has 1 aliphatic heterocycles. The average molecular weight is 452 g/mol. The number of ether oxygens (including phenoxy) is 3. The van der Waals surface area contributed by atoms with Crippen molar-refractivity contribution in [3.05, 3.63) is 47.5 Å². The highest BCUT2D eigenvalue weighted by molar-refractivity contribution is 5.94. The molecule has 1 fully saturated rings. The maximum atomic E-state index is 13.2. The molecular weight excluding hydrogens is 422 g/mol. The molecule has 0 unspecified atom stereocenters. The Hall–Kier alpha value is -3.62. The van der Waals surface area contributed by atoms with Gasteiger partial charge in [-0.15, -0.1) is 0 Å². The van der Waals surface area contributed by atoms with E-state index in [-0.39, 0.29) is 12.0 Å². The quantitative estimate of drug-likeness (QED) is 0.568. The standard InChI is InChI=1S/C24H29N5O4/c1-15-12-23(26-16(2)25-15)33-17-8-10-29(11-9-17)24(30)21-14-20(27-28(21)3)19-13-18(31-4)6-7-22(19)32-5/h6-7,12-14,17H,8-11H2,1-5H3. The van der Waals surface area contributed by atoms with Gasteiger partial charge in [-0.2, -0.15) is 10.1 Å². The topological polar surface area (TPSA) is 91.6 Å². The first kappa shape index (κ1) is 22.6. The van der Waals surface area contributed by atoms with Crippen molar-refractivity contribution in [3.63, 3.8) is 0 Å². The fourth-order valence-electron chi connectivity index (χ4n) is 4.07. The Balaban J connectivity index is 1.45. The van der Waals surface area contributed by atoms with Crippen LogP contribution in [0, 0.1) is 13.8 Å². The molecule has 1 aliphatic rings. The summed E-state index contributed by atoms with van der Waals surface area (Å²) in [5.41, 5.74) is 2.83. The summed E-state index contributed by atoms with van der Waals surface area (Å²) >= 11 is 0. The van der Waals surface area contributed by atoms with E-state index < -0.39 is 0 Å². The Morgan fingerprint density at radius 1 is 1.03 bits per heavy atom. The molecule has 1 amide bonds. The van der Waals surface area contributed by atoms with Crippen LogP contribution < -0.4 is 14.2 Å². The Morgan fingerprint density at radius 2 is 1.79 bits per heavy atom. The molecule has 0 saturated carbocycles. The number of aryl methyl sites for hydroxylation is 3. The van der Waals surface area contributed by atoms with E-state index in [1.165, 1.54) is 0 Å². The van der Waals surface area contributed by atoms with Gasteiger partial charge in [-0.25, -0.2) is 4.98 Å². The van der Waals surface area contributed by atoms with Gasteiger partial charge in [0.25, 0.3) is 5.91 Å². The zero-order valence-electron chi connectivity index (χ0n) is 19.7. The van der Waals surface area contributed by atoms with Gasteiger partial charge in [0.2, 0.25) is 5.88 Å². The van der Waals surface area contributed by atoms with Gasteiger partial charge in [-0.1, -0.05) is 0 Å². The molecule has 9 heteroatoms. The van der Waals surface area contributed by atoms with Gasteiger partial charge in [-0.05, 0) is 38.1 Å². The van der Waals surface area contributed by atoms with E-state index in [0.717, 1.165) is 24.1 Å². The predicted molar refractivity (Wildman–Crippen MR) is 123 cm³/mol. The minimum Gasteiger partial charge on any atom is -0.497 e. The molecular formula is C24H29N5O4. The third-order valence-corrected chi connectivity index (χ3v) is 5.74. The lowest BCUT2D eigenvalue weighted by Gasteiger charge is -2.31. The Kier molecular flexibility index (Phi) is 6.48. The van der Waals surface area contributed by atoms with E-state index in [9.17, 15) is 4.79 Å². The first-order valence-electron chi connectivity index (χ1n) is 10.9. The Labute approximate surface area is 193 Å². The van der Waals surface area contributed by atoms with Gasteiger partial charge in [0, 0.05) is 50.3 Å². The summed E-state index contributed by atoms with van der Waals surface area (Å²) in [6, 6.07) is 9.15. The molecule has 0 atom stereocenters. The summed E-state index contributed by atoms with van der Waals surface area (Å²) in [7, 11) is 5.00. The van der Waals surface area contributed by atoms with Crippen molar-refractivity contribution < 1.29 is 19.0 Å². The second kappa shape index (κ2) is 9.48. The number of hydrogen-bond donors (Lipinski definition) is 0. The monoisotopic (exact) mass is 451 g/mol. The molecule has 174 valence electrons. The smallest absolute Gasteiger partial charge is 0.272 e. The van der Waals surface area contributed by atoms with Gasteiger partial charge in [0.05, 0.1) is 19.9 Å². The largest absolute Gasteiger partial charge is 0.497 e. The maximum Gasteiger partial charge on any atom is 0.272 e. The normalized spacial score (nSPS) is 14.3. The minimum atomic E-state index is -0.0507. The number of piperidine rings is 1. The van der Waals surface area contributed by atoms with Crippen LogP contribution in [-0.2, 0) is 7.05 Å². The molecule has 0 N–H and O–H groups in total. The van der Waals surface area contributed by atoms with Gasteiger partial charge in [-0.3, -0.25) is 9.48 Å². The Bertz CT molecular complexity index is 1130. The van der Waals surface area contributed by atoms with E-state index in [2.05, 4.69) is 15.1 Å². The van der Waals surface area contributed by atoms with E-state index in [1.807, 2.05) is 43.0 Å². The SMILES string of the molecule is COc1ccc(OC)c(-c2cc(C(=O)N3CCC(Oc4cc(C)nc(C)n4)CC3)n(C)n2)c1. The van der Waals surface area contributed by atoms with Crippen LogP contribution in [0.1, 0.15) is 34.8 Å². The van der Waals surface area contributed by atoms with Crippen LogP contribution >= 0.6 is 0 Å². The van der Waals surface area contributed by atoms with E-state index in [1.54, 1.807) is 32.0 Å². The zero-order valence-corrected chi connectivity index (χ0v) is 19.7. The maximum absolute atomic E-state index is 13.2. The number of aromatic nitrogens is 4. The number of methoxy groups -OCH3 is 2. The molecule has 0 aliphatic carbocycles. The summed E-state index contributed by atoms with van der Waals surface area (Å²) in [6.07, 6.45) is 1.50. The highest BCUT2D eigenvalue weighted by atomic mass is 16.5. The van der Waals surface area contributed by atoms with E-state index >= 15 is 0 Å². The molecule has 0 spiro atoms. The lowest BCUT2D eigenvalue weighted by atomic mass is 10.1. The first-order chi connectivity index (χ1) is 15.9. The molecule has 9 nitrogen and oxygen atoms in total. The van der Waals surface area contributed by atoms with Gasteiger partial charge in [0.1, 0.15) is 29.1 Å². The van der Waals surface area contributed by atoms with Gasteiger partial charge < -0.3 is 19.1 Å². The third-order valence-electron chi connectivity index (χ3n) is 5.74. The van der Waals surface area contributed by atoms with Crippen molar-refractivity contribution in [1.82, 2.24) is 24.6 Å². The summed E-state index contributed by atoms with van der Waals surface area (Å²) < 4.78 is 18.5. The zero-order chi connectivity index (χ0) is 23.5. The van der Waals surface area contributed by atoms with Crippen LogP contribution in [0.4, 0.5) is 0 Å². The van der Waals surface area contributed by atoms with Crippen molar-refractivity contribution in [2.75, 3.05) is 27.3 Å². The fourth-order valence-corrected chi connectivity index (χ4v) is 4.07. The van der Waals surface area contributed by atoms with Crippen LogP contribution in [0.2, 0.25) is 0 Å². The van der Waals surface area contributed by atoms with Crippen LogP contribution in [0.25, 0.3) is 11.3 Å². The molecule has 1 aromatic carbocycles. The summed E-state index contributed by atoms with van der Waals surface area (Å²) in [5, 5.41) is 4.56. The van der Waals surface area contributed by atoms with Crippen LogP contribution in [0.15, 0.2) is 30.3 Å². The number of nitrogens with zero attached hydrogens (tertiary/aromatic N) is 5. The minimum absolute atomic E-state index is 0.0193. The van der Waals surface area contributed by atoms with Crippen LogP contribution in [0.5, 0.6) is 17.4 Å². The second-order valence-corrected chi connectivity index (χ2v) is 8.11. The van der Waals surface area contributed by atoms with E-state index in [4.69, 9.17) is 14.2 Å². The molecule has 0 bridgehead atoms. The number of carbonyl (C=O) groups excluding carboxylic acids is 1. The lowest BCUT2D eigenvalue weighted by Crippen LogP contribution is -2.42. The summed E-state index contributed by atoms with van der Waals surface area (Å²) in [6.45, 7) is 4.99. The lowest BCUT2D eigenvalue weighted by molar-refractivity contribution is 0.0577. The summed E-state index contributed by atoms with van der Waals surface area (Å²) in [5.74, 6) is 2.59. The molecule has 4 rings (SSSR count). The van der Waals surface area contributed by atoms with E-state index in [0.29, 0.717) is 47.7 Å². The van der Waals surface area contributed by atoms with Crippen molar-refractivity contribution >= 4 is 5.91 Å².